The molecule has 0 aliphatic rings. The van der Waals surface area contributed by atoms with E-state index >= 15 is 0 Å². The maximum atomic E-state index is 11.0. The third-order valence-electron chi connectivity index (χ3n) is 1.52. The van der Waals surface area contributed by atoms with E-state index < -0.39 is 11.9 Å². The van der Waals surface area contributed by atoms with E-state index in [1.54, 1.807) is 17.5 Å². The Morgan fingerprint density at radius 2 is 2.33 bits per heavy atom. The molecule has 0 saturated heterocycles. The third kappa shape index (κ3) is 4.52. The zero-order valence-corrected chi connectivity index (χ0v) is 9.06. The van der Waals surface area contributed by atoms with Gasteiger partial charge in [-0.05, 0) is 6.92 Å². The van der Waals surface area contributed by atoms with Gasteiger partial charge in [0.1, 0.15) is 0 Å². The van der Waals surface area contributed by atoms with Gasteiger partial charge in [0.15, 0.2) is 0 Å². The molecule has 82 valence electrons. The molecule has 4 N–H and O–H groups in total. The van der Waals surface area contributed by atoms with Crippen molar-refractivity contribution in [1.82, 2.24) is 15.6 Å². The van der Waals surface area contributed by atoms with Crippen molar-refractivity contribution in [1.29, 1.82) is 0 Å². The highest BCUT2D eigenvalue weighted by atomic mass is 32.1. The van der Waals surface area contributed by atoms with E-state index in [-0.39, 0.29) is 6.54 Å². The molecule has 0 radical (unpaired) electrons. The molecular formula is C8H12N4O2S. The molecule has 1 rings (SSSR count). The molecule has 15 heavy (non-hydrogen) atoms. The Hall–Kier alpha value is -1.47. The summed E-state index contributed by atoms with van der Waals surface area (Å²) in [5.41, 5.74) is 4.77. The molecule has 0 spiro atoms. The topological polar surface area (TPSA) is 97.1 Å². The molecule has 1 aromatic heterocycles. The first-order chi connectivity index (χ1) is 7.08. The van der Waals surface area contributed by atoms with Crippen LogP contribution in [0.3, 0.4) is 0 Å². The number of primary amides is 1. The number of carbonyl (C=O) groups excluding carboxylic acids is 2. The lowest BCUT2D eigenvalue weighted by Crippen LogP contribution is -2.40. The van der Waals surface area contributed by atoms with Crippen LogP contribution in [0, 0.1) is 6.92 Å². The van der Waals surface area contributed by atoms with Crippen molar-refractivity contribution in [2.24, 2.45) is 5.73 Å². The van der Waals surface area contributed by atoms with Crippen molar-refractivity contribution in [2.75, 3.05) is 6.54 Å². The molecule has 0 bridgehead atoms. The third-order valence-corrected chi connectivity index (χ3v) is 2.43. The number of imide groups is 1. The minimum absolute atomic E-state index is 0.0554. The number of carbonyl (C=O) groups is 2. The number of amides is 3. The summed E-state index contributed by atoms with van der Waals surface area (Å²) in [6, 6.07) is -0.838. The van der Waals surface area contributed by atoms with Gasteiger partial charge >= 0.3 is 6.03 Å². The normalized spacial score (nSPS) is 9.93. The number of nitrogens with one attached hydrogen (secondary N) is 2. The number of hydrogen-bond donors (Lipinski definition) is 3. The average molecular weight is 228 g/mol. The summed E-state index contributed by atoms with van der Waals surface area (Å²) < 4.78 is 0. The summed E-state index contributed by atoms with van der Waals surface area (Å²) in [7, 11) is 0. The summed E-state index contributed by atoms with van der Waals surface area (Å²) >= 11 is 1.56. The van der Waals surface area contributed by atoms with Crippen LogP contribution in [-0.4, -0.2) is 23.5 Å². The molecule has 0 aromatic carbocycles. The Kier molecular flexibility index (Phi) is 4.19. The van der Waals surface area contributed by atoms with Crippen molar-refractivity contribution < 1.29 is 9.59 Å². The molecule has 1 heterocycles. The SMILES string of the molecule is Cc1ncc(CNCC(=O)NC(N)=O)s1. The van der Waals surface area contributed by atoms with E-state index in [0.717, 1.165) is 9.88 Å². The zero-order chi connectivity index (χ0) is 11.3. The summed E-state index contributed by atoms with van der Waals surface area (Å²) in [4.78, 5) is 26.4. The van der Waals surface area contributed by atoms with E-state index in [0.29, 0.717) is 6.54 Å². The molecular weight excluding hydrogens is 216 g/mol. The summed E-state index contributed by atoms with van der Waals surface area (Å²) in [5, 5.41) is 5.81. The lowest BCUT2D eigenvalue weighted by Gasteiger charge is -2.01. The fourth-order valence-electron chi connectivity index (χ4n) is 0.968. The average Bonchev–Trinajstić information content (AvgIpc) is 2.50. The van der Waals surface area contributed by atoms with Crippen LogP contribution in [0.2, 0.25) is 0 Å². The highest BCUT2D eigenvalue weighted by molar-refractivity contribution is 7.11. The Bertz CT molecular complexity index is 363. The van der Waals surface area contributed by atoms with Crippen molar-refractivity contribution in [3.05, 3.63) is 16.1 Å². The van der Waals surface area contributed by atoms with Gasteiger partial charge in [-0.1, -0.05) is 0 Å². The molecule has 6 nitrogen and oxygen atoms in total. The second kappa shape index (κ2) is 5.42. The predicted octanol–water partition coefficient (Wildman–Crippen LogP) is -0.264. The Morgan fingerprint density at radius 3 is 2.87 bits per heavy atom. The standard InChI is InChI=1S/C8H12N4O2S/c1-5-11-3-6(15-5)2-10-4-7(13)12-8(9)14/h3,10H,2,4H2,1H3,(H3,9,12,13,14). The molecule has 0 aliphatic carbocycles. The molecule has 0 fully saturated rings. The van der Waals surface area contributed by atoms with Gasteiger partial charge in [-0.15, -0.1) is 11.3 Å². The molecule has 0 unspecified atom stereocenters. The Labute approximate surface area is 90.9 Å². The number of rotatable bonds is 4. The van der Waals surface area contributed by atoms with Crippen LogP contribution in [0.4, 0.5) is 4.79 Å². The van der Waals surface area contributed by atoms with E-state index in [2.05, 4.69) is 10.3 Å². The second-order valence-electron chi connectivity index (χ2n) is 2.86. The minimum atomic E-state index is -0.838. The molecule has 0 aliphatic heterocycles. The minimum Gasteiger partial charge on any atom is -0.351 e. The van der Waals surface area contributed by atoms with E-state index in [1.165, 1.54) is 0 Å². The van der Waals surface area contributed by atoms with Crippen molar-refractivity contribution in [3.8, 4) is 0 Å². The first-order valence-electron chi connectivity index (χ1n) is 4.29. The van der Waals surface area contributed by atoms with Gasteiger partial charge in [0, 0.05) is 17.6 Å². The lowest BCUT2D eigenvalue weighted by atomic mass is 10.5. The number of aryl methyl sites for hydroxylation is 1. The summed E-state index contributed by atoms with van der Waals surface area (Å²) in [6.07, 6.45) is 1.75. The monoisotopic (exact) mass is 228 g/mol. The van der Waals surface area contributed by atoms with Gasteiger partial charge < -0.3 is 11.1 Å². The van der Waals surface area contributed by atoms with Crippen LogP contribution in [0.15, 0.2) is 6.20 Å². The van der Waals surface area contributed by atoms with Gasteiger partial charge in [0.2, 0.25) is 5.91 Å². The summed E-state index contributed by atoms with van der Waals surface area (Å²) in [5.74, 6) is -0.441. The van der Waals surface area contributed by atoms with Gasteiger partial charge in [0.25, 0.3) is 0 Å². The van der Waals surface area contributed by atoms with Crippen LogP contribution in [0.25, 0.3) is 0 Å². The number of hydrogen-bond acceptors (Lipinski definition) is 5. The fourth-order valence-corrected chi connectivity index (χ4v) is 1.73. The van der Waals surface area contributed by atoms with Gasteiger partial charge in [-0.2, -0.15) is 0 Å². The van der Waals surface area contributed by atoms with Crippen LogP contribution in [0.5, 0.6) is 0 Å². The zero-order valence-electron chi connectivity index (χ0n) is 8.24. The Morgan fingerprint density at radius 1 is 1.60 bits per heavy atom. The molecule has 0 atom stereocenters. The first kappa shape index (κ1) is 11.6. The lowest BCUT2D eigenvalue weighted by molar-refractivity contribution is -0.119. The van der Waals surface area contributed by atoms with Crippen molar-refractivity contribution >= 4 is 23.3 Å². The first-order valence-corrected chi connectivity index (χ1v) is 5.11. The molecule has 7 heteroatoms. The fraction of sp³-hybridized carbons (Fsp3) is 0.375. The Balaban J connectivity index is 2.22. The van der Waals surface area contributed by atoms with Crippen LogP contribution >= 0.6 is 11.3 Å². The van der Waals surface area contributed by atoms with Crippen molar-refractivity contribution in [2.45, 2.75) is 13.5 Å². The smallest absolute Gasteiger partial charge is 0.318 e. The predicted molar refractivity (Wildman–Crippen MR) is 56.3 cm³/mol. The number of urea groups is 1. The van der Waals surface area contributed by atoms with E-state index in [9.17, 15) is 9.59 Å². The highest BCUT2D eigenvalue weighted by Gasteiger charge is 2.03. The van der Waals surface area contributed by atoms with Crippen LogP contribution in [0.1, 0.15) is 9.88 Å². The number of thiazole rings is 1. The highest BCUT2D eigenvalue weighted by Crippen LogP contribution is 2.10. The molecule has 0 saturated carbocycles. The summed E-state index contributed by atoms with van der Waals surface area (Å²) in [6.45, 7) is 2.52. The maximum absolute atomic E-state index is 11.0. The van der Waals surface area contributed by atoms with E-state index in [1.807, 2.05) is 12.2 Å². The number of aromatic nitrogens is 1. The largest absolute Gasteiger partial charge is 0.351 e. The van der Waals surface area contributed by atoms with Gasteiger partial charge in [-0.3, -0.25) is 10.1 Å². The quantitative estimate of drug-likeness (QED) is 0.661. The van der Waals surface area contributed by atoms with E-state index in [4.69, 9.17) is 5.73 Å². The van der Waals surface area contributed by atoms with Crippen LogP contribution in [-0.2, 0) is 11.3 Å². The van der Waals surface area contributed by atoms with Gasteiger partial charge in [0.05, 0.1) is 11.6 Å². The number of nitrogens with zero attached hydrogens (tertiary/aromatic N) is 1. The second-order valence-corrected chi connectivity index (χ2v) is 4.18. The number of nitrogens with two attached hydrogens (primary N) is 1. The van der Waals surface area contributed by atoms with Crippen molar-refractivity contribution in [3.63, 3.8) is 0 Å². The molecule has 1 aromatic rings. The maximum Gasteiger partial charge on any atom is 0.318 e. The van der Waals surface area contributed by atoms with Gasteiger partial charge in [-0.25, -0.2) is 9.78 Å². The molecule has 3 amide bonds. The van der Waals surface area contributed by atoms with Crippen LogP contribution < -0.4 is 16.4 Å².